The maximum atomic E-state index is 5.97. The van der Waals surface area contributed by atoms with Gasteiger partial charge in [0.1, 0.15) is 11.5 Å². The number of hydrogen-bond donors (Lipinski definition) is 0. The Labute approximate surface area is 199 Å². The molecular weight excluding hydrogens is 412 g/mol. The fourth-order valence-electron chi connectivity index (χ4n) is 3.99. The molecule has 2 aromatic rings. The summed E-state index contributed by atoms with van der Waals surface area (Å²) in [4.78, 5) is 0. The molecule has 33 heavy (non-hydrogen) atoms. The molecule has 0 unspecified atom stereocenters. The van der Waals surface area contributed by atoms with Crippen LogP contribution in [-0.4, -0.2) is 27.4 Å². The predicted molar refractivity (Wildman–Crippen MR) is 134 cm³/mol. The van der Waals surface area contributed by atoms with E-state index in [4.69, 9.17) is 18.9 Å². The average molecular weight is 451 g/mol. The Balaban J connectivity index is 1.43. The molecule has 1 aliphatic rings. The van der Waals surface area contributed by atoms with Gasteiger partial charge in [0.15, 0.2) is 0 Å². The molecule has 2 aromatic carbocycles. The first kappa shape index (κ1) is 25.1. The third-order valence-electron chi connectivity index (χ3n) is 5.96. The van der Waals surface area contributed by atoms with E-state index in [1.165, 1.54) is 42.4 Å². The van der Waals surface area contributed by atoms with Crippen molar-refractivity contribution in [3.63, 3.8) is 0 Å². The second kappa shape index (κ2) is 14.6. The van der Waals surface area contributed by atoms with E-state index in [-0.39, 0.29) is 0 Å². The van der Waals surface area contributed by atoms with E-state index in [0.717, 1.165) is 44.0 Å². The lowest BCUT2D eigenvalue weighted by Crippen LogP contribution is -2.01. The third kappa shape index (κ3) is 9.45. The number of ether oxygens (including phenoxy) is 4. The van der Waals surface area contributed by atoms with Crippen LogP contribution in [0.5, 0.6) is 11.5 Å². The van der Waals surface area contributed by atoms with E-state index >= 15 is 0 Å². The van der Waals surface area contributed by atoms with Crippen molar-refractivity contribution in [3.05, 3.63) is 83.0 Å². The first-order valence-electron chi connectivity index (χ1n) is 12.0. The van der Waals surface area contributed by atoms with Gasteiger partial charge in [0.2, 0.25) is 0 Å². The van der Waals surface area contributed by atoms with E-state index < -0.39 is 0 Å². The van der Waals surface area contributed by atoms with Gasteiger partial charge >= 0.3 is 0 Å². The molecule has 0 radical (unpaired) electrons. The minimum absolute atomic E-state index is 0.628. The van der Waals surface area contributed by atoms with Gasteiger partial charge in [-0.3, -0.25) is 0 Å². The Bertz CT molecular complexity index is 865. The summed E-state index contributed by atoms with van der Waals surface area (Å²) in [5, 5.41) is 0. The van der Waals surface area contributed by atoms with Gasteiger partial charge in [-0.2, -0.15) is 0 Å². The lowest BCUT2D eigenvalue weighted by Gasteiger charge is -2.15. The number of benzene rings is 2. The fraction of sp³-hybridized carbons (Fsp3) is 0.448. The van der Waals surface area contributed by atoms with Crippen molar-refractivity contribution in [2.75, 3.05) is 27.4 Å². The van der Waals surface area contributed by atoms with Crippen LogP contribution in [0.25, 0.3) is 0 Å². The highest BCUT2D eigenvalue weighted by Gasteiger charge is 2.07. The van der Waals surface area contributed by atoms with Crippen LogP contribution in [0.1, 0.15) is 56.1 Å². The van der Waals surface area contributed by atoms with Gasteiger partial charge in [0.05, 0.1) is 40.6 Å². The Morgan fingerprint density at radius 2 is 1.39 bits per heavy atom. The first-order valence-corrected chi connectivity index (χ1v) is 12.0. The monoisotopic (exact) mass is 450 g/mol. The summed E-state index contributed by atoms with van der Waals surface area (Å²) in [6, 6.07) is 16.1. The summed E-state index contributed by atoms with van der Waals surface area (Å²) in [6.07, 6.45) is 12.9. The number of rotatable bonds is 14. The highest BCUT2D eigenvalue weighted by Crippen LogP contribution is 2.25. The maximum absolute atomic E-state index is 5.97. The van der Waals surface area contributed by atoms with Crippen molar-refractivity contribution >= 4 is 0 Å². The van der Waals surface area contributed by atoms with Gasteiger partial charge in [0, 0.05) is 0 Å². The van der Waals surface area contributed by atoms with Crippen LogP contribution in [0, 0.1) is 0 Å². The van der Waals surface area contributed by atoms with Crippen molar-refractivity contribution in [2.24, 2.45) is 0 Å². The molecule has 0 amide bonds. The molecule has 4 heteroatoms. The summed E-state index contributed by atoms with van der Waals surface area (Å²) in [5.41, 5.74) is 5.38. The molecule has 0 spiro atoms. The SMILES string of the molecule is COc1ccc(COCC/C=C(\CCOCc2ccc(OC)cc2)CC2=CCCCC2)cc1. The summed E-state index contributed by atoms with van der Waals surface area (Å²) in [6.45, 7) is 2.72. The molecule has 0 aromatic heterocycles. The summed E-state index contributed by atoms with van der Waals surface area (Å²) < 4.78 is 22.3. The largest absolute Gasteiger partial charge is 0.497 e. The van der Waals surface area contributed by atoms with E-state index in [9.17, 15) is 0 Å². The summed E-state index contributed by atoms with van der Waals surface area (Å²) >= 11 is 0. The number of methoxy groups -OCH3 is 2. The zero-order valence-corrected chi connectivity index (χ0v) is 20.2. The molecule has 178 valence electrons. The van der Waals surface area contributed by atoms with E-state index in [0.29, 0.717) is 13.2 Å². The highest BCUT2D eigenvalue weighted by molar-refractivity contribution is 5.27. The van der Waals surface area contributed by atoms with Crippen molar-refractivity contribution in [1.29, 1.82) is 0 Å². The quantitative estimate of drug-likeness (QED) is 0.229. The zero-order valence-electron chi connectivity index (χ0n) is 20.2. The minimum Gasteiger partial charge on any atom is -0.497 e. The van der Waals surface area contributed by atoms with Crippen LogP contribution < -0.4 is 9.47 Å². The van der Waals surface area contributed by atoms with Gasteiger partial charge < -0.3 is 18.9 Å². The Kier molecular flexibility index (Phi) is 11.1. The molecule has 3 rings (SSSR count). The standard InChI is InChI=1S/C29H38O4/c1-30-28-14-10-26(11-15-28)22-32-19-6-9-25(21-24-7-4-3-5-8-24)18-20-33-23-27-12-16-29(31-2)17-13-27/h7,9-17H,3-6,8,18-23H2,1-2H3/b25-9+. The Hall–Kier alpha value is -2.56. The molecular formula is C29H38O4. The van der Waals surface area contributed by atoms with E-state index in [1.807, 2.05) is 24.3 Å². The van der Waals surface area contributed by atoms with Crippen molar-refractivity contribution in [3.8, 4) is 11.5 Å². The first-order chi connectivity index (χ1) is 16.3. The second-order valence-electron chi connectivity index (χ2n) is 8.49. The van der Waals surface area contributed by atoms with Crippen LogP contribution in [0.3, 0.4) is 0 Å². The van der Waals surface area contributed by atoms with Gasteiger partial charge in [-0.05, 0) is 80.3 Å². The lowest BCUT2D eigenvalue weighted by molar-refractivity contribution is 0.121. The third-order valence-corrected chi connectivity index (χ3v) is 5.96. The van der Waals surface area contributed by atoms with Crippen LogP contribution in [0.4, 0.5) is 0 Å². The van der Waals surface area contributed by atoms with Crippen molar-refractivity contribution in [2.45, 2.75) is 58.2 Å². The van der Waals surface area contributed by atoms with Crippen LogP contribution >= 0.6 is 0 Å². The minimum atomic E-state index is 0.628. The van der Waals surface area contributed by atoms with Gasteiger partial charge in [-0.15, -0.1) is 0 Å². The zero-order chi connectivity index (χ0) is 23.1. The lowest BCUT2D eigenvalue weighted by atomic mass is 9.92. The fourth-order valence-corrected chi connectivity index (χ4v) is 3.99. The van der Waals surface area contributed by atoms with Gasteiger partial charge in [-0.1, -0.05) is 47.6 Å². The smallest absolute Gasteiger partial charge is 0.118 e. The molecule has 0 saturated carbocycles. The van der Waals surface area contributed by atoms with Crippen LogP contribution in [0.15, 0.2) is 71.8 Å². The molecule has 0 heterocycles. The van der Waals surface area contributed by atoms with Crippen LogP contribution in [0.2, 0.25) is 0 Å². The second-order valence-corrected chi connectivity index (χ2v) is 8.49. The molecule has 4 nitrogen and oxygen atoms in total. The molecule has 0 N–H and O–H groups in total. The molecule has 0 fully saturated rings. The summed E-state index contributed by atoms with van der Waals surface area (Å²) in [5.74, 6) is 1.75. The molecule has 0 saturated heterocycles. The van der Waals surface area contributed by atoms with E-state index in [1.54, 1.807) is 19.8 Å². The average Bonchev–Trinajstić information content (AvgIpc) is 2.87. The molecule has 1 aliphatic carbocycles. The Morgan fingerprint density at radius 3 is 1.94 bits per heavy atom. The van der Waals surface area contributed by atoms with E-state index in [2.05, 4.69) is 36.4 Å². The highest BCUT2D eigenvalue weighted by atomic mass is 16.5. The Morgan fingerprint density at radius 1 is 0.788 bits per heavy atom. The topological polar surface area (TPSA) is 36.9 Å². The number of hydrogen-bond acceptors (Lipinski definition) is 4. The maximum Gasteiger partial charge on any atom is 0.118 e. The molecule has 0 aliphatic heterocycles. The summed E-state index contributed by atoms with van der Waals surface area (Å²) in [7, 11) is 3.37. The molecule has 0 bridgehead atoms. The van der Waals surface area contributed by atoms with Crippen molar-refractivity contribution < 1.29 is 18.9 Å². The van der Waals surface area contributed by atoms with Gasteiger partial charge in [0.25, 0.3) is 0 Å². The van der Waals surface area contributed by atoms with Crippen molar-refractivity contribution in [1.82, 2.24) is 0 Å². The number of allylic oxidation sites excluding steroid dienone is 2. The predicted octanol–water partition coefficient (Wildman–Crippen LogP) is 7.03. The molecule has 0 atom stereocenters. The van der Waals surface area contributed by atoms with Gasteiger partial charge in [-0.25, -0.2) is 0 Å². The van der Waals surface area contributed by atoms with Crippen LogP contribution in [-0.2, 0) is 22.7 Å². The normalized spacial score (nSPS) is 14.1.